The second kappa shape index (κ2) is 5.98. The van der Waals surface area contributed by atoms with Crippen LogP contribution in [0.3, 0.4) is 0 Å². The highest BCUT2D eigenvalue weighted by Gasteiger charge is 2.32. The van der Waals surface area contributed by atoms with Crippen molar-refractivity contribution in [3.8, 4) is 0 Å². The van der Waals surface area contributed by atoms with Crippen LogP contribution in [0.15, 0.2) is 6.20 Å². The zero-order chi connectivity index (χ0) is 13.9. The fourth-order valence-electron chi connectivity index (χ4n) is 3.45. The summed E-state index contributed by atoms with van der Waals surface area (Å²) < 4.78 is 0. The van der Waals surface area contributed by atoms with Crippen molar-refractivity contribution < 1.29 is 4.79 Å². The van der Waals surface area contributed by atoms with Gasteiger partial charge in [-0.15, -0.1) is 0 Å². The topological polar surface area (TPSA) is 57.8 Å². The fourth-order valence-corrected chi connectivity index (χ4v) is 3.45. The molecule has 1 amide bonds. The molecule has 0 aliphatic heterocycles. The fraction of sp³-hybridized carbons (Fsp3) is 0.750. The summed E-state index contributed by atoms with van der Waals surface area (Å²) in [5.74, 6) is 1.29. The van der Waals surface area contributed by atoms with E-state index in [1.807, 2.05) is 0 Å². The number of H-pyrrole nitrogens is 1. The van der Waals surface area contributed by atoms with Crippen molar-refractivity contribution in [2.24, 2.45) is 5.92 Å². The Balaban J connectivity index is 1.61. The SMILES string of the molecule is CCCC[C@H]1CCC[C@H]1NC(=O)c1cn[nH]c1C1CC1. The quantitative estimate of drug-likeness (QED) is 0.836. The molecule has 0 unspecified atom stereocenters. The van der Waals surface area contributed by atoms with Gasteiger partial charge in [-0.2, -0.15) is 5.10 Å². The average Bonchev–Trinajstić information content (AvgIpc) is 3.01. The molecule has 0 radical (unpaired) electrons. The van der Waals surface area contributed by atoms with Gasteiger partial charge in [-0.3, -0.25) is 9.89 Å². The Bertz CT molecular complexity index is 464. The highest BCUT2D eigenvalue weighted by molar-refractivity contribution is 5.95. The molecule has 0 bridgehead atoms. The number of rotatable bonds is 6. The van der Waals surface area contributed by atoms with E-state index in [-0.39, 0.29) is 5.91 Å². The molecular formula is C16H25N3O. The summed E-state index contributed by atoms with van der Waals surface area (Å²) in [6, 6.07) is 0.371. The van der Waals surface area contributed by atoms with E-state index >= 15 is 0 Å². The standard InChI is InChI=1S/C16H25N3O/c1-2-3-5-11-6-4-7-14(11)18-16(20)13-10-17-19-15(13)12-8-9-12/h10-12,14H,2-9H2,1H3,(H,17,19)(H,18,20)/t11-,14+/m0/s1. The summed E-state index contributed by atoms with van der Waals surface area (Å²) in [6.45, 7) is 2.23. The lowest BCUT2D eigenvalue weighted by atomic mass is 9.96. The average molecular weight is 275 g/mol. The number of carbonyl (C=O) groups is 1. The van der Waals surface area contributed by atoms with Gasteiger partial charge in [0.25, 0.3) is 5.91 Å². The summed E-state index contributed by atoms with van der Waals surface area (Å²) in [5.41, 5.74) is 1.82. The third-order valence-electron chi connectivity index (χ3n) is 4.80. The van der Waals surface area contributed by atoms with Crippen LogP contribution >= 0.6 is 0 Å². The molecule has 0 saturated heterocycles. The minimum absolute atomic E-state index is 0.0778. The van der Waals surface area contributed by atoms with E-state index < -0.39 is 0 Å². The molecule has 2 N–H and O–H groups in total. The Morgan fingerprint density at radius 3 is 3.00 bits per heavy atom. The largest absolute Gasteiger partial charge is 0.349 e. The molecule has 4 heteroatoms. The lowest BCUT2D eigenvalue weighted by Crippen LogP contribution is -2.37. The van der Waals surface area contributed by atoms with E-state index in [1.54, 1.807) is 6.20 Å². The van der Waals surface area contributed by atoms with Crippen molar-refractivity contribution >= 4 is 5.91 Å². The van der Waals surface area contributed by atoms with Gasteiger partial charge in [0.1, 0.15) is 0 Å². The molecule has 1 aromatic heterocycles. The number of amides is 1. The minimum atomic E-state index is 0.0778. The van der Waals surface area contributed by atoms with Crippen molar-refractivity contribution in [1.82, 2.24) is 15.5 Å². The van der Waals surface area contributed by atoms with E-state index in [0.29, 0.717) is 17.9 Å². The Labute approximate surface area is 120 Å². The van der Waals surface area contributed by atoms with E-state index in [2.05, 4.69) is 22.4 Å². The Kier molecular flexibility index (Phi) is 4.08. The molecule has 1 heterocycles. The van der Waals surface area contributed by atoms with E-state index in [0.717, 1.165) is 17.7 Å². The van der Waals surface area contributed by atoms with Gasteiger partial charge in [-0.25, -0.2) is 0 Å². The molecule has 2 atom stereocenters. The summed E-state index contributed by atoms with van der Waals surface area (Å²) in [7, 11) is 0. The second-order valence-electron chi connectivity index (χ2n) is 6.38. The maximum Gasteiger partial charge on any atom is 0.254 e. The van der Waals surface area contributed by atoms with Crippen LogP contribution in [0.2, 0.25) is 0 Å². The van der Waals surface area contributed by atoms with Gasteiger partial charge in [-0.05, 0) is 38.0 Å². The normalized spacial score (nSPS) is 25.9. The molecule has 2 aliphatic carbocycles. The first-order valence-electron chi connectivity index (χ1n) is 8.13. The van der Waals surface area contributed by atoms with Gasteiger partial charge < -0.3 is 5.32 Å². The van der Waals surface area contributed by atoms with Crippen LogP contribution in [0.5, 0.6) is 0 Å². The van der Waals surface area contributed by atoms with Crippen LogP contribution in [-0.4, -0.2) is 22.1 Å². The third-order valence-corrected chi connectivity index (χ3v) is 4.80. The van der Waals surface area contributed by atoms with Gasteiger partial charge in [0.15, 0.2) is 0 Å². The van der Waals surface area contributed by atoms with E-state index in [1.165, 1.54) is 44.9 Å². The first-order valence-corrected chi connectivity index (χ1v) is 8.13. The summed E-state index contributed by atoms with van der Waals surface area (Å²) in [6.07, 6.45) is 11.5. The maximum absolute atomic E-state index is 12.5. The molecule has 0 spiro atoms. The minimum Gasteiger partial charge on any atom is -0.349 e. The van der Waals surface area contributed by atoms with Crippen LogP contribution in [0.25, 0.3) is 0 Å². The molecule has 0 aromatic carbocycles. The van der Waals surface area contributed by atoms with Gasteiger partial charge >= 0.3 is 0 Å². The smallest absolute Gasteiger partial charge is 0.254 e. The van der Waals surface area contributed by atoms with Crippen LogP contribution in [0.1, 0.15) is 80.3 Å². The number of aromatic nitrogens is 2. The van der Waals surface area contributed by atoms with Gasteiger partial charge in [0, 0.05) is 12.0 Å². The first-order chi connectivity index (χ1) is 9.79. The number of hydrogen-bond acceptors (Lipinski definition) is 2. The molecule has 110 valence electrons. The van der Waals surface area contributed by atoms with Crippen molar-refractivity contribution in [1.29, 1.82) is 0 Å². The van der Waals surface area contributed by atoms with E-state index in [9.17, 15) is 4.79 Å². The number of aromatic amines is 1. The number of carbonyl (C=O) groups excluding carboxylic acids is 1. The van der Waals surface area contributed by atoms with Gasteiger partial charge in [0.2, 0.25) is 0 Å². The molecule has 2 saturated carbocycles. The zero-order valence-electron chi connectivity index (χ0n) is 12.3. The Hall–Kier alpha value is -1.32. The van der Waals surface area contributed by atoms with Gasteiger partial charge in [-0.1, -0.05) is 26.2 Å². The summed E-state index contributed by atoms with van der Waals surface area (Å²) in [4.78, 5) is 12.5. The van der Waals surface area contributed by atoms with Crippen molar-refractivity contribution in [2.75, 3.05) is 0 Å². The molecule has 4 nitrogen and oxygen atoms in total. The Morgan fingerprint density at radius 1 is 1.40 bits per heavy atom. The van der Waals surface area contributed by atoms with Crippen LogP contribution < -0.4 is 5.32 Å². The maximum atomic E-state index is 12.5. The molecular weight excluding hydrogens is 250 g/mol. The monoisotopic (exact) mass is 275 g/mol. The highest BCUT2D eigenvalue weighted by Crippen LogP contribution is 2.40. The Morgan fingerprint density at radius 2 is 2.25 bits per heavy atom. The van der Waals surface area contributed by atoms with Crippen molar-refractivity contribution in [2.45, 2.75) is 70.3 Å². The van der Waals surface area contributed by atoms with Crippen LogP contribution in [0, 0.1) is 5.92 Å². The number of unbranched alkanes of at least 4 members (excludes halogenated alkanes) is 1. The highest BCUT2D eigenvalue weighted by atomic mass is 16.1. The lowest BCUT2D eigenvalue weighted by molar-refractivity contribution is 0.0925. The number of hydrogen-bond donors (Lipinski definition) is 2. The van der Waals surface area contributed by atoms with Crippen molar-refractivity contribution in [3.63, 3.8) is 0 Å². The van der Waals surface area contributed by atoms with Crippen molar-refractivity contribution in [3.05, 3.63) is 17.5 Å². The predicted octanol–water partition coefficient (Wildman–Crippen LogP) is 3.38. The molecule has 1 aromatic rings. The van der Waals surface area contributed by atoms with Gasteiger partial charge in [0.05, 0.1) is 17.5 Å². The second-order valence-corrected chi connectivity index (χ2v) is 6.38. The molecule has 20 heavy (non-hydrogen) atoms. The molecule has 2 aliphatic rings. The zero-order valence-corrected chi connectivity index (χ0v) is 12.3. The first kappa shape index (κ1) is 13.7. The predicted molar refractivity (Wildman–Crippen MR) is 78.7 cm³/mol. The summed E-state index contributed by atoms with van der Waals surface area (Å²) in [5, 5.41) is 10.3. The summed E-state index contributed by atoms with van der Waals surface area (Å²) >= 11 is 0. The molecule has 2 fully saturated rings. The lowest BCUT2D eigenvalue weighted by Gasteiger charge is -2.20. The third kappa shape index (κ3) is 2.89. The van der Waals surface area contributed by atoms with E-state index in [4.69, 9.17) is 0 Å². The number of nitrogens with zero attached hydrogens (tertiary/aromatic N) is 1. The molecule has 3 rings (SSSR count). The van der Waals surface area contributed by atoms with Crippen LogP contribution in [-0.2, 0) is 0 Å². The van der Waals surface area contributed by atoms with Crippen LogP contribution in [0.4, 0.5) is 0 Å². The number of nitrogens with one attached hydrogen (secondary N) is 2.